The summed E-state index contributed by atoms with van der Waals surface area (Å²) in [6.07, 6.45) is 3.37. The number of rotatable bonds is 4. The van der Waals surface area contributed by atoms with Gasteiger partial charge in [-0.15, -0.1) is 0 Å². The number of hydrogen-bond donors (Lipinski definition) is 0. The summed E-state index contributed by atoms with van der Waals surface area (Å²) in [4.78, 5) is 19.1. The summed E-state index contributed by atoms with van der Waals surface area (Å²) < 4.78 is 0. The van der Waals surface area contributed by atoms with Gasteiger partial charge >= 0.3 is 0 Å². The fourth-order valence-corrected chi connectivity index (χ4v) is 0.285. The van der Waals surface area contributed by atoms with Crippen LogP contribution < -0.4 is 0 Å². The maximum absolute atomic E-state index is 9.56. The average Bonchev–Trinajstić information content (AvgIpc) is 1.69. The number of carbonyl (C=O) groups is 2. The molecular weight excluding hydrogens is 172 g/mol. The fraction of sp³-hybridized carbons (Fsp3) is 0.600. The predicted molar refractivity (Wildman–Crippen MR) is 44.0 cm³/mol. The van der Waals surface area contributed by atoms with Crippen molar-refractivity contribution >= 4 is 12.6 Å². The Balaban J connectivity index is -0.0000000180. The van der Waals surface area contributed by atoms with Crippen LogP contribution in [0.2, 0.25) is 0 Å². The molecule has 0 radical (unpaired) electrons. The molecule has 0 fully saturated rings. The quantitative estimate of drug-likeness (QED) is 0.327. The Morgan fingerprint density at radius 2 is 0.917 bits per heavy atom. The third kappa shape index (κ3) is 61.4. The van der Waals surface area contributed by atoms with E-state index in [1.54, 1.807) is 0 Å². The van der Waals surface area contributed by atoms with E-state index in [9.17, 15) is 9.59 Å². The minimum Gasteiger partial charge on any atom is -0.412 e. The Kier molecular flexibility index (Phi) is 179. The van der Waals surface area contributed by atoms with Crippen molar-refractivity contribution < 1.29 is 37.0 Å². The monoisotopic (exact) mass is 190 g/mol. The zero-order valence-electron chi connectivity index (χ0n) is 6.59. The van der Waals surface area contributed by atoms with Gasteiger partial charge in [0.05, 0.1) is 0 Å². The normalized spacial score (nSPS) is 4.67. The summed E-state index contributed by atoms with van der Waals surface area (Å²) in [5.74, 6) is 0. The first kappa shape index (κ1) is 43.4. The first-order chi connectivity index (χ1) is 3.41. The second-order valence-corrected chi connectivity index (χ2v) is 1.26. The molecule has 0 heterocycles. The Labute approximate surface area is 69.9 Å². The second kappa shape index (κ2) is 49.4. The van der Waals surface area contributed by atoms with Gasteiger partial charge in [-0.3, -0.25) is 0 Å². The first-order valence-electron chi connectivity index (χ1n) is 2.29. The smallest absolute Gasteiger partial charge is 0.120 e. The molecule has 0 aliphatic heterocycles. The zero-order chi connectivity index (χ0) is 5.54. The van der Waals surface area contributed by atoms with Gasteiger partial charge in [-0.1, -0.05) is 0 Å². The van der Waals surface area contributed by atoms with Gasteiger partial charge < -0.3 is 37.0 Å². The van der Waals surface area contributed by atoms with Crippen LogP contribution in [-0.4, -0.2) is 40.0 Å². The predicted octanol–water partition coefficient (Wildman–Crippen LogP) is -3.57. The number of aldehydes is 2. The molecule has 0 spiro atoms. The zero-order valence-corrected chi connectivity index (χ0v) is 6.59. The van der Waals surface area contributed by atoms with Crippen molar-refractivity contribution in [2.45, 2.75) is 19.3 Å². The molecule has 10 N–H and O–H groups in total. The van der Waals surface area contributed by atoms with Gasteiger partial charge in [0, 0.05) is 12.8 Å². The van der Waals surface area contributed by atoms with Crippen molar-refractivity contribution in [1.29, 1.82) is 0 Å². The SMILES string of the molecule is O.O.O.O.O.O=CCCCC=O. The van der Waals surface area contributed by atoms with E-state index in [4.69, 9.17) is 0 Å². The van der Waals surface area contributed by atoms with Gasteiger partial charge in [-0.25, -0.2) is 0 Å². The maximum atomic E-state index is 9.56. The maximum Gasteiger partial charge on any atom is 0.120 e. The molecule has 0 bridgehead atoms. The molecule has 0 aliphatic rings. The standard InChI is InChI=1S/C5H8O2.5H2O/c6-4-2-1-3-5-7;;;;;/h4-5H,1-3H2;5*1H2. The lowest BCUT2D eigenvalue weighted by Crippen LogP contribution is -1.76. The van der Waals surface area contributed by atoms with Crippen LogP contribution in [0, 0.1) is 0 Å². The summed E-state index contributed by atoms with van der Waals surface area (Å²) in [7, 11) is 0. The van der Waals surface area contributed by atoms with Crippen molar-refractivity contribution in [2.75, 3.05) is 0 Å². The summed E-state index contributed by atoms with van der Waals surface area (Å²) in [5, 5.41) is 0. The van der Waals surface area contributed by atoms with Crippen LogP contribution in [0.1, 0.15) is 19.3 Å². The van der Waals surface area contributed by atoms with Crippen molar-refractivity contribution in [3.63, 3.8) is 0 Å². The molecule has 0 aromatic heterocycles. The van der Waals surface area contributed by atoms with Gasteiger partial charge in [0.2, 0.25) is 0 Å². The highest BCUT2D eigenvalue weighted by Gasteiger charge is 1.80. The van der Waals surface area contributed by atoms with Crippen molar-refractivity contribution in [1.82, 2.24) is 0 Å². The molecule has 0 amide bonds. The molecule has 0 aromatic carbocycles. The highest BCUT2D eigenvalue weighted by molar-refractivity contribution is 5.52. The average molecular weight is 190 g/mol. The summed E-state index contributed by atoms with van der Waals surface area (Å²) in [6, 6.07) is 0. The van der Waals surface area contributed by atoms with Crippen molar-refractivity contribution in [3.05, 3.63) is 0 Å². The minimum absolute atomic E-state index is 0. The molecule has 7 nitrogen and oxygen atoms in total. The number of carbonyl (C=O) groups excluding carboxylic acids is 2. The Morgan fingerprint density at radius 1 is 0.667 bits per heavy atom. The van der Waals surface area contributed by atoms with Crippen LogP contribution in [0.15, 0.2) is 0 Å². The Hall–Kier alpha value is -0.860. The van der Waals surface area contributed by atoms with E-state index in [1.807, 2.05) is 0 Å². The first-order valence-corrected chi connectivity index (χ1v) is 2.29. The van der Waals surface area contributed by atoms with Crippen LogP contribution >= 0.6 is 0 Å². The largest absolute Gasteiger partial charge is 0.412 e. The van der Waals surface area contributed by atoms with Gasteiger partial charge in [0.1, 0.15) is 12.6 Å². The molecule has 0 atom stereocenters. The molecule has 0 saturated carbocycles. The second-order valence-electron chi connectivity index (χ2n) is 1.26. The Morgan fingerprint density at radius 3 is 1.08 bits per heavy atom. The van der Waals surface area contributed by atoms with Gasteiger partial charge in [0.25, 0.3) is 0 Å². The molecule has 0 aromatic rings. The van der Waals surface area contributed by atoms with Gasteiger partial charge in [-0.2, -0.15) is 0 Å². The van der Waals surface area contributed by atoms with Crippen LogP contribution in [-0.2, 0) is 9.59 Å². The van der Waals surface area contributed by atoms with E-state index >= 15 is 0 Å². The summed E-state index contributed by atoms with van der Waals surface area (Å²) in [6.45, 7) is 0. The van der Waals surface area contributed by atoms with Crippen LogP contribution in [0.25, 0.3) is 0 Å². The molecule has 12 heavy (non-hydrogen) atoms. The molecule has 7 heteroatoms. The number of unbranched alkanes of at least 4 members (excludes halogenated alkanes) is 2. The van der Waals surface area contributed by atoms with Crippen molar-refractivity contribution in [3.8, 4) is 0 Å². The lowest BCUT2D eigenvalue weighted by molar-refractivity contribution is -0.108. The highest BCUT2D eigenvalue weighted by Crippen LogP contribution is 1.85. The third-order valence-corrected chi connectivity index (χ3v) is 0.644. The van der Waals surface area contributed by atoms with E-state index < -0.39 is 0 Å². The van der Waals surface area contributed by atoms with E-state index in [1.165, 1.54) is 0 Å². The minimum atomic E-state index is 0. The molecule has 0 unspecified atom stereocenters. The summed E-state index contributed by atoms with van der Waals surface area (Å²) >= 11 is 0. The molecule has 0 saturated heterocycles. The van der Waals surface area contributed by atoms with Gasteiger partial charge in [-0.05, 0) is 6.42 Å². The van der Waals surface area contributed by atoms with Crippen LogP contribution in [0.4, 0.5) is 0 Å². The third-order valence-electron chi connectivity index (χ3n) is 0.644. The fourth-order valence-electron chi connectivity index (χ4n) is 0.285. The van der Waals surface area contributed by atoms with E-state index in [0.29, 0.717) is 19.3 Å². The van der Waals surface area contributed by atoms with Crippen molar-refractivity contribution in [2.24, 2.45) is 0 Å². The van der Waals surface area contributed by atoms with E-state index in [2.05, 4.69) is 0 Å². The van der Waals surface area contributed by atoms with Crippen LogP contribution in [0.5, 0.6) is 0 Å². The molecule has 80 valence electrons. The topological polar surface area (TPSA) is 192 Å². The molecule has 0 aliphatic carbocycles. The lowest BCUT2D eigenvalue weighted by atomic mass is 10.3. The Bertz CT molecular complexity index is 56.8. The molecular formula is C5H18O7. The van der Waals surface area contributed by atoms with Gasteiger partial charge in [0.15, 0.2) is 0 Å². The van der Waals surface area contributed by atoms with Crippen LogP contribution in [0.3, 0.4) is 0 Å². The molecule has 0 rings (SSSR count). The lowest BCUT2D eigenvalue weighted by Gasteiger charge is -1.78. The van der Waals surface area contributed by atoms with E-state index in [-0.39, 0.29) is 27.4 Å². The highest BCUT2D eigenvalue weighted by atomic mass is 16.1. The summed E-state index contributed by atoms with van der Waals surface area (Å²) in [5.41, 5.74) is 0. The number of hydrogen-bond acceptors (Lipinski definition) is 2. The van der Waals surface area contributed by atoms with E-state index in [0.717, 1.165) is 12.6 Å².